The van der Waals surface area contributed by atoms with Gasteiger partial charge in [0.05, 0.1) is 4.90 Å². The molecule has 0 aromatic heterocycles. The number of hydrogen-bond donors (Lipinski definition) is 3. The first-order chi connectivity index (χ1) is 12.2. The number of anilines is 1. The summed E-state index contributed by atoms with van der Waals surface area (Å²) in [5.41, 5.74) is 5.81. The van der Waals surface area contributed by atoms with Crippen LogP contribution >= 0.6 is 23.8 Å². The summed E-state index contributed by atoms with van der Waals surface area (Å²) in [6.45, 7) is 0. The molecule has 3 N–H and O–H groups in total. The van der Waals surface area contributed by atoms with Gasteiger partial charge in [-0.25, -0.2) is 12.7 Å². The van der Waals surface area contributed by atoms with Crippen molar-refractivity contribution >= 4 is 50.5 Å². The molecule has 0 spiro atoms. The minimum atomic E-state index is -3.55. The van der Waals surface area contributed by atoms with Gasteiger partial charge in [0.1, 0.15) is 0 Å². The third-order valence-electron chi connectivity index (χ3n) is 3.25. The normalized spacial score (nSPS) is 11.1. The first kappa shape index (κ1) is 20.1. The van der Waals surface area contributed by atoms with Gasteiger partial charge in [0.25, 0.3) is 5.91 Å². The number of thiocarbonyl (C=S) groups is 1. The molecule has 1 amide bonds. The van der Waals surface area contributed by atoms with E-state index in [2.05, 4.69) is 16.2 Å². The largest absolute Gasteiger partial charge is 0.331 e. The molecule has 0 atom stereocenters. The number of rotatable bonds is 4. The second kappa shape index (κ2) is 8.45. The van der Waals surface area contributed by atoms with E-state index in [9.17, 15) is 13.2 Å². The highest BCUT2D eigenvalue weighted by molar-refractivity contribution is 7.89. The first-order valence-electron chi connectivity index (χ1n) is 7.35. The second-order valence-electron chi connectivity index (χ2n) is 5.36. The number of nitrogens with zero attached hydrogens (tertiary/aromatic N) is 1. The molecule has 0 saturated carbocycles. The zero-order valence-electron chi connectivity index (χ0n) is 14.0. The SMILES string of the molecule is CN(C)S(=O)(=O)c1cccc(NC(=S)NNC(=O)c2cccc(Cl)c2)c1. The van der Waals surface area contributed by atoms with Crippen LogP contribution in [0.4, 0.5) is 5.69 Å². The van der Waals surface area contributed by atoms with E-state index in [4.69, 9.17) is 23.8 Å². The van der Waals surface area contributed by atoms with Gasteiger partial charge in [-0.1, -0.05) is 23.7 Å². The fourth-order valence-electron chi connectivity index (χ4n) is 1.92. The Morgan fingerprint density at radius 2 is 1.77 bits per heavy atom. The van der Waals surface area contributed by atoms with Gasteiger partial charge in [-0.15, -0.1) is 0 Å². The summed E-state index contributed by atoms with van der Waals surface area (Å²) >= 11 is 10.9. The third-order valence-corrected chi connectivity index (χ3v) is 5.50. The Hall–Kier alpha value is -2.20. The molecule has 0 aliphatic carbocycles. The predicted molar refractivity (Wildman–Crippen MR) is 106 cm³/mol. The lowest BCUT2D eigenvalue weighted by atomic mass is 10.2. The van der Waals surface area contributed by atoms with Crippen LogP contribution in [0.2, 0.25) is 5.02 Å². The number of nitrogens with one attached hydrogen (secondary N) is 3. The summed E-state index contributed by atoms with van der Waals surface area (Å²) in [4.78, 5) is 12.1. The lowest BCUT2D eigenvalue weighted by molar-refractivity contribution is 0.0944. The molecule has 0 saturated heterocycles. The van der Waals surface area contributed by atoms with Gasteiger partial charge in [-0.05, 0) is 48.6 Å². The van der Waals surface area contributed by atoms with Crippen molar-refractivity contribution < 1.29 is 13.2 Å². The Morgan fingerprint density at radius 3 is 2.42 bits per heavy atom. The molecule has 0 radical (unpaired) electrons. The number of carbonyl (C=O) groups is 1. The fraction of sp³-hybridized carbons (Fsp3) is 0.125. The summed E-state index contributed by atoms with van der Waals surface area (Å²) in [6.07, 6.45) is 0. The van der Waals surface area contributed by atoms with Crippen LogP contribution in [0.1, 0.15) is 10.4 Å². The molecular weight excluding hydrogens is 396 g/mol. The van der Waals surface area contributed by atoms with E-state index >= 15 is 0 Å². The highest BCUT2D eigenvalue weighted by atomic mass is 35.5. The molecular formula is C16H17ClN4O3S2. The van der Waals surface area contributed by atoms with Crippen LogP contribution in [0.15, 0.2) is 53.4 Å². The van der Waals surface area contributed by atoms with Crippen molar-refractivity contribution in [2.45, 2.75) is 4.90 Å². The van der Waals surface area contributed by atoms with Gasteiger partial charge in [0, 0.05) is 30.4 Å². The minimum absolute atomic E-state index is 0.0970. The summed E-state index contributed by atoms with van der Waals surface area (Å²) in [5, 5.41) is 3.35. The molecule has 0 aliphatic rings. The monoisotopic (exact) mass is 412 g/mol. The number of hydrazine groups is 1. The van der Waals surface area contributed by atoms with Crippen LogP contribution in [0.5, 0.6) is 0 Å². The van der Waals surface area contributed by atoms with E-state index in [1.165, 1.54) is 32.3 Å². The van der Waals surface area contributed by atoms with Crippen LogP contribution in [-0.4, -0.2) is 37.8 Å². The predicted octanol–water partition coefficient (Wildman–Crippen LogP) is 2.22. The average Bonchev–Trinajstić information content (AvgIpc) is 2.59. The maximum Gasteiger partial charge on any atom is 0.269 e. The number of sulfonamides is 1. The molecule has 2 aromatic rings. The summed E-state index contributed by atoms with van der Waals surface area (Å²) < 4.78 is 25.4. The molecule has 26 heavy (non-hydrogen) atoms. The molecule has 2 aromatic carbocycles. The van der Waals surface area contributed by atoms with Crippen molar-refractivity contribution in [1.29, 1.82) is 0 Å². The molecule has 10 heteroatoms. The Labute approximate surface area is 162 Å². The highest BCUT2D eigenvalue weighted by Gasteiger charge is 2.17. The molecule has 0 aliphatic heterocycles. The summed E-state index contributed by atoms with van der Waals surface area (Å²) in [5.74, 6) is -0.416. The van der Waals surface area contributed by atoms with Crippen LogP contribution in [0, 0.1) is 0 Å². The van der Waals surface area contributed by atoms with Crippen LogP contribution in [0.3, 0.4) is 0 Å². The molecule has 0 bridgehead atoms. The zero-order chi connectivity index (χ0) is 19.3. The summed E-state index contributed by atoms with van der Waals surface area (Å²) in [6, 6.07) is 12.6. The Morgan fingerprint density at radius 1 is 1.08 bits per heavy atom. The van der Waals surface area contributed by atoms with E-state index < -0.39 is 15.9 Å². The maximum absolute atomic E-state index is 12.2. The third kappa shape index (κ3) is 5.15. The van der Waals surface area contributed by atoms with Crippen molar-refractivity contribution in [3.8, 4) is 0 Å². The number of carbonyl (C=O) groups excluding carboxylic acids is 1. The standard InChI is InChI=1S/C16H17ClN4O3S2/c1-21(2)26(23,24)14-8-4-7-13(10-14)18-16(25)20-19-15(22)11-5-3-6-12(17)9-11/h3-10H,1-2H3,(H,19,22)(H2,18,20,25). The Bertz CT molecular complexity index is 933. The van der Waals surface area contributed by atoms with E-state index in [0.717, 1.165) is 4.31 Å². The van der Waals surface area contributed by atoms with E-state index in [1.807, 2.05) is 0 Å². The lowest BCUT2D eigenvalue weighted by Crippen LogP contribution is -2.43. The van der Waals surface area contributed by atoms with Crippen molar-refractivity contribution in [3.63, 3.8) is 0 Å². The van der Waals surface area contributed by atoms with E-state index in [0.29, 0.717) is 16.3 Å². The second-order valence-corrected chi connectivity index (χ2v) is 8.36. The van der Waals surface area contributed by atoms with Crippen molar-refractivity contribution in [3.05, 3.63) is 59.1 Å². The molecule has 138 valence electrons. The topological polar surface area (TPSA) is 90.5 Å². The maximum atomic E-state index is 12.2. The molecule has 0 fully saturated rings. The number of amides is 1. The number of halogens is 1. The van der Waals surface area contributed by atoms with Crippen molar-refractivity contribution in [2.75, 3.05) is 19.4 Å². The molecule has 2 rings (SSSR count). The van der Waals surface area contributed by atoms with Crippen LogP contribution < -0.4 is 16.2 Å². The minimum Gasteiger partial charge on any atom is -0.331 e. The lowest BCUT2D eigenvalue weighted by Gasteiger charge is -2.14. The summed E-state index contributed by atoms with van der Waals surface area (Å²) in [7, 11) is -0.651. The van der Waals surface area contributed by atoms with Gasteiger partial charge in [0.2, 0.25) is 10.0 Å². The Balaban J connectivity index is 1.99. The molecule has 0 unspecified atom stereocenters. The van der Waals surface area contributed by atoms with Crippen molar-refractivity contribution in [2.24, 2.45) is 0 Å². The van der Waals surface area contributed by atoms with Gasteiger partial charge in [-0.3, -0.25) is 15.6 Å². The highest BCUT2D eigenvalue weighted by Crippen LogP contribution is 2.17. The average molecular weight is 413 g/mol. The van der Waals surface area contributed by atoms with Gasteiger partial charge < -0.3 is 5.32 Å². The van der Waals surface area contributed by atoms with Crippen LogP contribution in [-0.2, 0) is 10.0 Å². The van der Waals surface area contributed by atoms with Gasteiger partial charge in [-0.2, -0.15) is 0 Å². The molecule has 0 heterocycles. The van der Waals surface area contributed by atoms with Crippen LogP contribution in [0.25, 0.3) is 0 Å². The number of benzene rings is 2. The quantitative estimate of drug-likeness (QED) is 0.527. The fourth-order valence-corrected chi connectivity index (χ4v) is 3.23. The Kier molecular flexibility index (Phi) is 6.54. The van der Waals surface area contributed by atoms with Crippen molar-refractivity contribution in [1.82, 2.24) is 15.2 Å². The van der Waals surface area contributed by atoms with E-state index in [1.54, 1.807) is 30.3 Å². The first-order valence-corrected chi connectivity index (χ1v) is 9.58. The van der Waals surface area contributed by atoms with Gasteiger partial charge >= 0.3 is 0 Å². The smallest absolute Gasteiger partial charge is 0.269 e. The number of hydrogen-bond acceptors (Lipinski definition) is 4. The van der Waals surface area contributed by atoms with Gasteiger partial charge in [0.15, 0.2) is 5.11 Å². The zero-order valence-corrected chi connectivity index (χ0v) is 16.4. The van der Waals surface area contributed by atoms with E-state index in [-0.39, 0.29) is 10.0 Å². The molecule has 7 nitrogen and oxygen atoms in total.